The third-order valence-corrected chi connectivity index (χ3v) is 8.83. The number of thioether (sulfide) groups is 1. The maximum absolute atomic E-state index is 13.8. The molecule has 3 amide bonds. The van der Waals surface area contributed by atoms with E-state index < -0.39 is 17.1 Å². The van der Waals surface area contributed by atoms with Crippen LogP contribution in [0.25, 0.3) is 17.2 Å². The van der Waals surface area contributed by atoms with Crippen LogP contribution in [0.2, 0.25) is 0 Å². The van der Waals surface area contributed by atoms with Crippen LogP contribution < -0.4 is 16.0 Å². The van der Waals surface area contributed by atoms with Crippen molar-refractivity contribution in [3.8, 4) is 11.1 Å². The van der Waals surface area contributed by atoms with E-state index in [-0.39, 0.29) is 11.6 Å². The van der Waals surface area contributed by atoms with E-state index in [0.29, 0.717) is 16.9 Å². The summed E-state index contributed by atoms with van der Waals surface area (Å²) in [6, 6.07) is 52.8. The number of amides is 3. The Morgan fingerprint density at radius 1 is 0.551 bits per heavy atom. The van der Waals surface area contributed by atoms with Gasteiger partial charge in [0.1, 0.15) is 10.9 Å². The van der Waals surface area contributed by atoms with Crippen LogP contribution in [0.1, 0.15) is 26.7 Å². The first kappa shape index (κ1) is 32.7. The number of hydrogen-bond acceptors (Lipinski definition) is 4. The van der Waals surface area contributed by atoms with Crippen molar-refractivity contribution < 1.29 is 14.4 Å². The smallest absolute Gasteiger partial charge is 0.272 e. The quantitative estimate of drug-likeness (QED) is 0.0956. The molecule has 0 aromatic heterocycles. The summed E-state index contributed by atoms with van der Waals surface area (Å²) in [5.74, 6) is -1.05. The average Bonchev–Trinajstić information content (AvgIpc) is 3.15. The van der Waals surface area contributed by atoms with Gasteiger partial charge in [-0.1, -0.05) is 127 Å². The molecular weight excluding hydrogens is 627 g/mol. The number of nitrogens with one attached hydrogen (secondary N) is 3. The Labute approximate surface area is 289 Å². The second-order valence-electron chi connectivity index (χ2n) is 11.1. The lowest BCUT2D eigenvalue weighted by Gasteiger charge is -2.18. The van der Waals surface area contributed by atoms with Crippen LogP contribution in [0.15, 0.2) is 180 Å². The van der Waals surface area contributed by atoms with Crippen molar-refractivity contribution in [2.45, 2.75) is 10.1 Å². The van der Waals surface area contributed by atoms with Gasteiger partial charge in [0, 0.05) is 21.8 Å². The predicted molar refractivity (Wildman–Crippen MR) is 199 cm³/mol. The van der Waals surface area contributed by atoms with Gasteiger partial charge in [-0.2, -0.15) is 0 Å². The predicted octanol–water partition coefficient (Wildman–Crippen LogP) is 9.24. The van der Waals surface area contributed by atoms with Crippen LogP contribution in [0.5, 0.6) is 0 Å². The fourth-order valence-electron chi connectivity index (χ4n) is 5.12. The number of hydrogen-bond donors (Lipinski definition) is 3. The zero-order chi connectivity index (χ0) is 33.8. The second-order valence-corrected chi connectivity index (χ2v) is 12.3. The molecule has 6 nitrogen and oxygen atoms in total. The second kappa shape index (κ2) is 16.1. The molecule has 6 aromatic rings. The van der Waals surface area contributed by atoms with Crippen LogP contribution in [0, 0.1) is 0 Å². The maximum Gasteiger partial charge on any atom is 0.272 e. The SMILES string of the molecule is O=C(Nc1cccc(SC(C(=O)Nc2ccccc2)c2ccccc2)c1)/C(=C\c1ccc(-c2ccccc2)cc1)NC(=O)c1ccccc1. The van der Waals surface area contributed by atoms with Crippen molar-refractivity contribution in [2.24, 2.45) is 0 Å². The fourth-order valence-corrected chi connectivity index (χ4v) is 6.21. The molecule has 0 heterocycles. The Kier molecular flexibility index (Phi) is 10.8. The molecule has 6 rings (SSSR count). The summed E-state index contributed by atoms with van der Waals surface area (Å²) in [5, 5.41) is 8.21. The molecule has 240 valence electrons. The molecule has 0 aliphatic rings. The zero-order valence-electron chi connectivity index (χ0n) is 26.5. The molecule has 1 unspecified atom stereocenters. The number of carbonyl (C=O) groups is 3. The number of rotatable bonds is 11. The van der Waals surface area contributed by atoms with E-state index in [1.165, 1.54) is 11.8 Å². The summed E-state index contributed by atoms with van der Waals surface area (Å²) < 4.78 is 0. The molecule has 0 spiro atoms. The first-order chi connectivity index (χ1) is 24.0. The normalized spacial score (nSPS) is 11.6. The van der Waals surface area contributed by atoms with E-state index in [2.05, 4.69) is 16.0 Å². The van der Waals surface area contributed by atoms with Gasteiger partial charge in [-0.15, -0.1) is 11.8 Å². The summed E-state index contributed by atoms with van der Waals surface area (Å²) in [6.07, 6.45) is 1.66. The van der Waals surface area contributed by atoms with E-state index in [1.54, 1.807) is 36.4 Å². The lowest BCUT2D eigenvalue weighted by Crippen LogP contribution is -2.30. The lowest BCUT2D eigenvalue weighted by molar-refractivity contribution is -0.116. The first-order valence-corrected chi connectivity index (χ1v) is 16.6. The van der Waals surface area contributed by atoms with Gasteiger partial charge in [-0.25, -0.2) is 0 Å². The molecule has 3 N–H and O–H groups in total. The van der Waals surface area contributed by atoms with Crippen LogP contribution in [-0.2, 0) is 9.59 Å². The van der Waals surface area contributed by atoms with Crippen molar-refractivity contribution in [1.29, 1.82) is 0 Å². The Morgan fingerprint density at radius 2 is 1.12 bits per heavy atom. The van der Waals surface area contributed by atoms with Crippen molar-refractivity contribution >= 4 is 46.9 Å². The Hall–Kier alpha value is -6.18. The molecule has 0 aliphatic heterocycles. The van der Waals surface area contributed by atoms with Crippen LogP contribution in [-0.4, -0.2) is 17.7 Å². The monoisotopic (exact) mass is 659 g/mol. The Morgan fingerprint density at radius 3 is 1.80 bits per heavy atom. The largest absolute Gasteiger partial charge is 0.325 e. The lowest BCUT2D eigenvalue weighted by atomic mass is 10.0. The molecule has 7 heteroatoms. The molecule has 6 aromatic carbocycles. The Balaban J connectivity index is 1.23. The van der Waals surface area contributed by atoms with E-state index in [0.717, 1.165) is 27.1 Å². The minimum Gasteiger partial charge on any atom is -0.325 e. The van der Waals surface area contributed by atoms with Gasteiger partial charge >= 0.3 is 0 Å². The molecule has 49 heavy (non-hydrogen) atoms. The fraction of sp³-hybridized carbons (Fsp3) is 0.0238. The minimum atomic E-state index is -0.549. The standard InChI is InChI=1S/C42H33N3O3S/c46-40(34-18-9-3-10-19-34)45-38(28-30-24-26-32(27-25-30)31-14-5-1-6-15-31)41(47)44-36-22-13-23-37(29-36)49-39(33-16-7-2-8-17-33)42(48)43-35-20-11-4-12-21-35/h1-29,39H,(H,43,48)(H,44,47)(H,45,46)/b38-28+. The van der Waals surface area contributed by atoms with Gasteiger partial charge in [0.25, 0.3) is 11.8 Å². The summed E-state index contributed by atoms with van der Waals surface area (Å²) in [4.78, 5) is 41.2. The van der Waals surface area contributed by atoms with Gasteiger partial charge in [-0.3, -0.25) is 14.4 Å². The molecule has 0 saturated carbocycles. The van der Waals surface area contributed by atoms with Crippen molar-refractivity contribution in [3.05, 3.63) is 192 Å². The van der Waals surface area contributed by atoms with Crippen molar-refractivity contribution in [3.63, 3.8) is 0 Å². The Bertz CT molecular complexity index is 2050. The third kappa shape index (κ3) is 9.00. The summed E-state index contributed by atoms with van der Waals surface area (Å²) in [7, 11) is 0. The molecule has 0 fully saturated rings. The highest BCUT2D eigenvalue weighted by atomic mass is 32.2. The van der Waals surface area contributed by atoms with Gasteiger partial charge in [-0.05, 0) is 70.8 Å². The minimum absolute atomic E-state index is 0.0868. The number of para-hydroxylation sites is 1. The van der Waals surface area contributed by atoms with E-state index in [1.807, 2.05) is 140 Å². The summed E-state index contributed by atoms with van der Waals surface area (Å²) in [6.45, 7) is 0. The molecule has 0 radical (unpaired) electrons. The van der Waals surface area contributed by atoms with E-state index in [9.17, 15) is 14.4 Å². The summed E-state index contributed by atoms with van der Waals surface area (Å²) in [5.41, 5.74) is 5.46. The molecule has 1 atom stereocenters. The third-order valence-electron chi connectivity index (χ3n) is 7.59. The highest BCUT2D eigenvalue weighted by molar-refractivity contribution is 8.00. The first-order valence-electron chi connectivity index (χ1n) is 15.7. The van der Waals surface area contributed by atoms with Crippen molar-refractivity contribution in [2.75, 3.05) is 10.6 Å². The maximum atomic E-state index is 13.8. The molecule has 0 aliphatic carbocycles. The van der Waals surface area contributed by atoms with Crippen LogP contribution in [0.4, 0.5) is 11.4 Å². The van der Waals surface area contributed by atoms with Crippen LogP contribution in [0.3, 0.4) is 0 Å². The number of benzene rings is 6. The molecule has 0 bridgehead atoms. The van der Waals surface area contributed by atoms with Gasteiger partial charge in [0.05, 0.1) is 0 Å². The van der Waals surface area contributed by atoms with Crippen molar-refractivity contribution in [1.82, 2.24) is 5.32 Å². The topological polar surface area (TPSA) is 87.3 Å². The van der Waals surface area contributed by atoms with Gasteiger partial charge in [0.2, 0.25) is 5.91 Å². The number of anilines is 2. The average molecular weight is 660 g/mol. The highest BCUT2D eigenvalue weighted by Gasteiger charge is 2.23. The van der Waals surface area contributed by atoms with E-state index >= 15 is 0 Å². The van der Waals surface area contributed by atoms with Gasteiger partial charge < -0.3 is 16.0 Å². The van der Waals surface area contributed by atoms with E-state index in [4.69, 9.17) is 0 Å². The van der Waals surface area contributed by atoms with Gasteiger partial charge in [0.15, 0.2) is 0 Å². The highest BCUT2D eigenvalue weighted by Crippen LogP contribution is 2.37. The summed E-state index contributed by atoms with van der Waals surface area (Å²) >= 11 is 1.38. The molecule has 0 saturated heterocycles. The zero-order valence-corrected chi connectivity index (χ0v) is 27.3. The molecular formula is C42H33N3O3S. The number of carbonyl (C=O) groups excluding carboxylic acids is 3. The van der Waals surface area contributed by atoms with Crippen LogP contribution >= 0.6 is 11.8 Å².